The lowest BCUT2D eigenvalue weighted by Gasteiger charge is -2.47. The van der Waals surface area contributed by atoms with E-state index in [4.69, 9.17) is 4.74 Å². The summed E-state index contributed by atoms with van der Waals surface area (Å²) >= 11 is 0. The third-order valence-electron chi connectivity index (χ3n) is 10.0. The molecule has 1 aromatic carbocycles. The van der Waals surface area contributed by atoms with Gasteiger partial charge in [0.2, 0.25) is 5.95 Å². The van der Waals surface area contributed by atoms with Gasteiger partial charge in [-0.2, -0.15) is 31.4 Å². The highest BCUT2D eigenvalue weighted by atomic mass is 19.4. The molecule has 1 amide bonds. The number of piperidine rings is 1. The molecule has 50 heavy (non-hydrogen) atoms. The zero-order chi connectivity index (χ0) is 36.4. The van der Waals surface area contributed by atoms with Crippen molar-refractivity contribution in [1.82, 2.24) is 19.9 Å². The van der Waals surface area contributed by atoms with E-state index in [1.54, 1.807) is 33.4 Å². The standard InChI is InChI=1S/C34H42F6N6O4/c1-4-26-13-28(14-27(5-2)46(26)32(49)50-29-8-6-21(7-9-29)30(47)48)45(31-41-15-22(16-42-31)23-17-43-44(3)19-23)18-20-10-24(33(35,36)37)12-25(11-20)34(38,39)40/h10-12,15-17,21,23,26-29H,4-9,13-14,18-19H2,1-3H3,(H,47,48)/t21-,23?,26-,27+,28+,29-. The molecule has 1 aliphatic carbocycles. The average Bonchev–Trinajstić information content (AvgIpc) is 3.52. The van der Waals surface area contributed by atoms with Gasteiger partial charge in [-0.3, -0.25) is 9.80 Å². The number of alkyl halides is 6. The maximum absolute atomic E-state index is 13.8. The molecule has 1 saturated heterocycles. The number of halogens is 6. The van der Waals surface area contributed by atoms with Gasteiger partial charge in [-0.25, -0.2) is 14.8 Å². The van der Waals surface area contributed by atoms with Gasteiger partial charge in [0.1, 0.15) is 6.10 Å². The van der Waals surface area contributed by atoms with Crippen LogP contribution in [0.25, 0.3) is 0 Å². The van der Waals surface area contributed by atoms with Crippen molar-refractivity contribution in [2.75, 3.05) is 18.5 Å². The van der Waals surface area contributed by atoms with E-state index >= 15 is 0 Å². The topological polar surface area (TPSA) is 111 Å². The van der Waals surface area contributed by atoms with Crippen molar-refractivity contribution in [3.63, 3.8) is 0 Å². The first kappa shape index (κ1) is 37.2. The number of hydrogen-bond acceptors (Lipinski definition) is 8. The average molecular weight is 713 g/mol. The monoisotopic (exact) mass is 712 g/mol. The maximum Gasteiger partial charge on any atom is 0.416 e. The number of carboxylic acid groups (broad SMARTS) is 1. The molecule has 0 radical (unpaired) electrons. The highest BCUT2D eigenvalue weighted by molar-refractivity contribution is 5.71. The Morgan fingerprint density at radius 1 is 0.920 bits per heavy atom. The summed E-state index contributed by atoms with van der Waals surface area (Å²) in [5, 5.41) is 15.3. The molecule has 3 aliphatic rings. The van der Waals surface area contributed by atoms with Gasteiger partial charge in [0.15, 0.2) is 0 Å². The van der Waals surface area contributed by atoms with Crippen LogP contribution in [0.2, 0.25) is 0 Å². The quantitative estimate of drug-likeness (QED) is 0.269. The lowest BCUT2D eigenvalue weighted by molar-refractivity contribution is -0.144. The van der Waals surface area contributed by atoms with Crippen molar-refractivity contribution in [3.8, 4) is 0 Å². The van der Waals surface area contributed by atoms with Crippen molar-refractivity contribution >= 4 is 24.2 Å². The fourth-order valence-corrected chi connectivity index (χ4v) is 7.27. The minimum atomic E-state index is -5.01. The highest BCUT2D eigenvalue weighted by Gasteiger charge is 2.42. The fraction of sp³-hybridized carbons (Fsp3) is 0.618. The molecule has 3 heterocycles. The Kier molecular flexibility index (Phi) is 11.2. The van der Waals surface area contributed by atoms with Crippen LogP contribution in [0.3, 0.4) is 0 Å². The number of anilines is 1. The number of hydrogen-bond donors (Lipinski definition) is 1. The predicted molar refractivity (Wildman–Crippen MR) is 171 cm³/mol. The second-order valence-electron chi connectivity index (χ2n) is 13.4. The van der Waals surface area contributed by atoms with Crippen LogP contribution in [-0.4, -0.2) is 81.1 Å². The summed E-state index contributed by atoms with van der Waals surface area (Å²) in [5.74, 6) is -1.27. The van der Waals surface area contributed by atoms with E-state index < -0.39 is 53.6 Å². The maximum atomic E-state index is 13.8. The van der Waals surface area contributed by atoms with Crippen molar-refractivity contribution < 1.29 is 45.8 Å². The summed E-state index contributed by atoms with van der Waals surface area (Å²) in [6, 6.07) is 0.386. The molecule has 1 aromatic heterocycles. The van der Waals surface area contributed by atoms with Gasteiger partial charge >= 0.3 is 24.4 Å². The molecule has 1 saturated carbocycles. The van der Waals surface area contributed by atoms with Gasteiger partial charge in [0.05, 0.1) is 17.0 Å². The summed E-state index contributed by atoms with van der Waals surface area (Å²) in [5.41, 5.74) is -2.26. The molecule has 10 nitrogen and oxygen atoms in total. The Bertz CT molecular complexity index is 1480. The van der Waals surface area contributed by atoms with Crippen molar-refractivity contribution in [3.05, 3.63) is 52.8 Å². The van der Waals surface area contributed by atoms with Gasteiger partial charge in [0, 0.05) is 62.8 Å². The molecule has 1 unspecified atom stereocenters. The van der Waals surface area contributed by atoms with Crippen molar-refractivity contribution in [2.24, 2.45) is 11.0 Å². The van der Waals surface area contributed by atoms with Gasteiger partial charge in [-0.15, -0.1) is 0 Å². The smallest absolute Gasteiger partial charge is 0.416 e. The van der Waals surface area contributed by atoms with E-state index in [0.29, 0.717) is 57.9 Å². The molecule has 2 aromatic rings. The molecule has 1 N–H and O–H groups in total. The van der Waals surface area contributed by atoms with Crippen LogP contribution in [0.1, 0.15) is 93.4 Å². The Morgan fingerprint density at radius 3 is 1.94 bits per heavy atom. The number of hydrazone groups is 1. The number of carboxylic acids is 1. The van der Waals surface area contributed by atoms with Crippen molar-refractivity contribution in [2.45, 2.75) is 114 Å². The molecular formula is C34H42F6N6O4. The molecule has 0 bridgehead atoms. The van der Waals surface area contributed by atoms with E-state index in [1.807, 2.05) is 20.9 Å². The molecule has 2 aliphatic heterocycles. The number of aliphatic carboxylic acids is 1. The van der Waals surface area contributed by atoms with Crippen LogP contribution in [0.5, 0.6) is 0 Å². The molecule has 5 rings (SSSR count). The van der Waals surface area contributed by atoms with Crippen LogP contribution in [0.15, 0.2) is 35.7 Å². The summed E-state index contributed by atoms with van der Waals surface area (Å²) < 4.78 is 88.8. The largest absolute Gasteiger partial charge is 0.481 e. The summed E-state index contributed by atoms with van der Waals surface area (Å²) in [6.45, 7) is 4.06. The number of ether oxygens (including phenoxy) is 1. The number of aromatic nitrogens is 2. The molecule has 4 atom stereocenters. The summed E-state index contributed by atoms with van der Waals surface area (Å²) in [7, 11) is 1.82. The zero-order valence-electron chi connectivity index (χ0n) is 28.1. The van der Waals surface area contributed by atoms with E-state index in [-0.39, 0.29) is 42.1 Å². The van der Waals surface area contributed by atoms with Crippen LogP contribution in [0, 0.1) is 5.92 Å². The normalized spacial score (nSPS) is 25.9. The number of carbonyl (C=O) groups is 2. The third kappa shape index (κ3) is 8.60. The summed E-state index contributed by atoms with van der Waals surface area (Å²) in [4.78, 5) is 37.5. The number of likely N-dealkylation sites (N-methyl/N-ethyl adjacent to an activating group) is 1. The SMILES string of the molecule is CC[C@@H]1C[C@H](N(Cc2cc(C(F)(F)F)cc(C(F)(F)F)c2)c2ncc(C3C=NN(C)C3)cn2)C[C@H](CC)N1C(=O)O[C@H]1CC[C@H](C(=O)O)CC1. The number of amides is 1. The Labute approximate surface area is 286 Å². The minimum Gasteiger partial charge on any atom is -0.481 e. The predicted octanol–water partition coefficient (Wildman–Crippen LogP) is 7.34. The molecule has 16 heteroatoms. The minimum absolute atomic E-state index is 0.0808. The van der Waals surface area contributed by atoms with Crippen LogP contribution < -0.4 is 4.90 Å². The number of carbonyl (C=O) groups excluding carboxylic acids is 1. The third-order valence-corrected chi connectivity index (χ3v) is 10.0. The van der Waals surface area contributed by atoms with E-state index in [9.17, 15) is 41.0 Å². The lowest BCUT2D eigenvalue weighted by atomic mass is 9.87. The van der Waals surface area contributed by atoms with Gasteiger partial charge < -0.3 is 19.6 Å². The number of benzene rings is 1. The van der Waals surface area contributed by atoms with Gasteiger partial charge in [-0.1, -0.05) is 13.8 Å². The summed E-state index contributed by atoms with van der Waals surface area (Å²) in [6.07, 6.45) is -2.60. The first-order valence-electron chi connectivity index (χ1n) is 16.9. The molecule has 0 spiro atoms. The number of nitrogens with zero attached hydrogens (tertiary/aromatic N) is 6. The first-order valence-corrected chi connectivity index (χ1v) is 16.9. The molecule has 274 valence electrons. The Balaban J connectivity index is 1.44. The van der Waals surface area contributed by atoms with Gasteiger partial charge in [-0.05, 0) is 80.7 Å². The second kappa shape index (κ2) is 15.0. The van der Waals surface area contributed by atoms with Crippen LogP contribution in [0.4, 0.5) is 37.1 Å². The van der Waals surface area contributed by atoms with Crippen LogP contribution in [-0.2, 0) is 28.4 Å². The zero-order valence-corrected chi connectivity index (χ0v) is 28.1. The van der Waals surface area contributed by atoms with Crippen LogP contribution >= 0.6 is 0 Å². The van der Waals surface area contributed by atoms with E-state index in [2.05, 4.69) is 15.1 Å². The lowest BCUT2D eigenvalue weighted by Crippen LogP contribution is -2.57. The van der Waals surface area contributed by atoms with Gasteiger partial charge in [0.25, 0.3) is 0 Å². The molecule has 2 fully saturated rings. The van der Waals surface area contributed by atoms with Crippen molar-refractivity contribution in [1.29, 1.82) is 0 Å². The first-order chi connectivity index (χ1) is 23.6. The Hall–Kier alpha value is -4.11. The highest BCUT2D eigenvalue weighted by Crippen LogP contribution is 2.39. The second-order valence-corrected chi connectivity index (χ2v) is 13.4. The Morgan fingerprint density at radius 2 is 1.48 bits per heavy atom. The number of rotatable bonds is 9. The fourth-order valence-electron chi connectivity index (χ4n) is 7.27. The van der Waals surface area contributed by atoms with E-state index in [1.165, 1.54) is 0 Å². The molecular weight excluding hydrogens is 670 g/mol. The number of likely N-dealkylation sites (tertiary alicyclic amines) is 1. The van der Waals surface area contributed by atoms with E-state index in [0.717, 1.165) is 17.7 Å².